The third-order valence-electron chi connectivity index (χ3n) is 3.90. The molecule has 2 bridgehead atoms. The molecule has 3 aliphatic carbocycles. The SMILES string of the molecule is ClC1=C(Cl)C2(Cl)C3C(Cl)C=CC3C1(Cl)C2(Cl)Cl.O.[Fe]. The van der Waals surface area contributed by atoms with Crippen LogP contribution in [-0.4, -0.2) is 24.9 Å². The molecular formula is C10H7Cl7FeO. The van der Waals surface area contributed by atoms with Gasteiger partial charge >= 0.3 is 0 Å². The van der Waals surface area contributed by atoms with E-state index in [2.05, 4.69) is 0 Å². The topological polar surface area (TPSA) is 31.5 Å². The summed E-state index contributed by atoms with van der Waals surface area (Å²) in [4.78, 5) is -2.45. The van der Waals surface area contributed by atoms with E-state index in [0.29, 0.717) is 0 Å². The van der Waals surface area contributed by atoms with E-state index in [1.54, 1.807) is 0 Å². The summed E-state index contributed by atoms with van der Waals surface area (Å²) in [5, 5.41) is 0.113. The summed E-state index contributed by atoms with van der Waals surface area (Å²) in [6, 6.07) is 0. The Bertz CT molecular complexity index is 478. The van der Waals surface area contributed by atoms with Crippen LogP contribution in [0.1, 0.15) is 0 Å². The minimum Gasteiger partial charge on any atom is -0.412 e. The van der Waals surface area contributed by atoms with E-state index in [0.717, 1.165) is 0 Å². The van der Waals surface area contributed by atoms with Crippen LogP contribution < -0.4 is 0 Å². The first-order chi connectivity index (χ1) is 7.70. The van der Waals surface area contributed by atoms with E-state index < -0.39 is 14.1 Å². The minimum absolute atomic E-state index is 0. The summed E-state index contributed by atoms with van der Waals surface area (Å²) in [5.41, 5.74) is 0. The van der Waals surface area contributed by atoms with Crippen molar-refractivity contribution in [3.05, 3.63) is 22.2 Å². The van der Waals surface area contributed by atoms with Crippen molar-refractivity contribution in [2.75, 3.05) is 0 Å². The van der Waals surface area contributed by atoms with Crippen LogP contribution in [-0.2, 0) is 17.1 Å². The molecule has 5 unspecified atom stereocenters. The fourth-order valence-corrected chi connectivity index (χ4v) is 6.60. The standard InChI is InChI=1S/C10H5Cl7.Fe.H2O/c11-4-2-1-3-5(4)9(15)7(13)6(12)8(3,14)10(9,16)17;;/h1-5H;;1H2. The van der Waals surface area contributed by atoms with Crippen LogP contribution >= 0.6 is 81.2 Å². The largest absolute Gasteiger partial charge is 0.412 e. The molecule has 1 saturated carbocycles. The Kier molecular flexibility index (Phi) is 5.28. The average molecular weight is 447 g/mol. The van der Waals surface area contributed by atoms with Gasteiger partial charge in [-0.1, -0.05) is 58.6 Å². The van der Waals surface area contributed by atoms with Gasteiger partial charge in [-0.3, -0.25) is 0 Å². The van der Waals surface area contributed by atoms with Gasteiger partial charge in [-0.25, -0.2) is 0 Å². The van der Waals surface area contributed by atoms with Crippen LogP contribution in [0.25, 0.3) is 0 Å². The van der Waals surface area contributed by atoms with Gasteiger partial charge in [-0.2, -0.15) is 0 Å². The molecule has 0 aromatic rings. The predicted octanol–water partition coefficient (Wildman–Crippen LogP) is 4.41. The maximum Gasteiger partial charge on any atom is 0.167 e. The summed E-state index contributed by atoms with van der Waals surface area (Å²) < 4.78 is -1.48. The monoisotopic (exact) mass is 444 g/mol. The van der Waals surface area contributed by atoms with Crippen LogP contribution in [0.15, 0.2) is 22.2 Å². The molecule has 110 valence electrons. The molecule has 19 heavy (non-hydrogen) atoms. The average Bonchev–Trinajstić information content (AvgIpc) is 2.73. The van der Waals surface area contributed by atoms with Gasteiger partial charge in [0.05, 0.1) is 15.4 Å². The predicted molar refractivity (Wildman–Crippen MR) is 79.7 cm³/mol. The smallest absolute Gasteiger partial charge is 0.167 e. The molecule has 1 nitrogen and oxygen atoms in total. The molecule has 3 rings (SSSR count). The molecule has 0 spiro atoms. The van der Waals surface area contributed by atoms with Gasteiger partial charge in [0.1, 0.15) is 9.75 Å². The summed E-state index contributed by atoms with van der Waals surface area (Å²) in [6.07, 6.45) is 3.69. The minimum atomic E-state index is -1.48. The van der Waals surface area contributed by atoms with Gasteiger partial charge in [0, 0.05) is 28.9 Å². The van der Waals surface area contributed by atoms with E-state index in [-0.39, 0.29) is 49.8 Å². The second kappa shape index (κ2) is 5.27. The molecule has 5 atom stereocenters. The summed E-state index contributed by atoms with van der Waals surface area (Å²) in [5.74, 6) is -0.470. The quantitative estimate of drug-likeness (QED) is 0.300. The maximum absolute atomic E-state index is 6.57. The van der Waals surface area contributed by atoms with E-state index in [1.807, 2.05) is 12.2 Å². The third kappa shape index (κ3) is 1.74. The molecule has 0 aliphatic heterocycles. The van der Waals surface area contributed by atoms with E-state index in [9.17, 15) is 0 Å². The molecule has 0 aromatic heterocycles. The Morgan fingerprint density at radius 1 is 0.895 bits per heavy atom. The van der Waals surface area contributed by atoms with Crippen molar-refractivity contribution in [2.45, 2.75) is 19.5 Å². The zero-order chi connectivity index (χ0) is 12.8. The number of hydrogen-bond acceptors (Lipinski definition) is 0. The molecule has 0 amide bonds. The fraction of sp³-hybridized carbons (Fsp3) is 0.600. The Labute approximate surface area is 156 Å². The van der Waals surface area contributed by atoms with E-state index >= 15 is 0 Å². The van der Waals surface area contributed by atoms with E-state index in [4.69, 9.17) is 81.2 Å². The summed E-state index contributed by atoms with van der Waals surface area (Å²) >= 11 is 44.5. The van der Waals surface area contributed by atoms with Crippen LogP contribution in [0.5, 0.6) is 0 Å². The Hall–Kier alpha value is 1.99. The molecule has 0 heterocycles. The molecule has 3 aliphatic rings. The first-order valence-electron chi connectivity index (χ1n) is 4.85. The molecule has 1 fully saturated rings. The van der Waals surface area contributed by atoms with Gasteiger partial charge < -0.3 is 5.48 Å². The number of allylic oxidation sites excluding steroid dienone is 4. The van der Waals surface area contributed by atoms with Gasteiger partial charge in [0.2, 0.25) is 0 Å². The molecular weight excluding hydrogens is 440 g/mol. The second-order valence-corrected chi connectivity index (χ2v) is 8.29. The van der Waals surface area contributed by atoms with Crippen molar-refractivity contribution in [1.29, 1.82) is 0 Å². The van der Waals surface area contributed by atoms with Crippen LogP contribution in [0.3, 0.4) is 0 Å². The van der Waals surface area contributed by atoms with Crippen molar-refractivity contribution in [3.8, 4) is 0 Å². The van der Waals surface area contributed by atoms with E-state index in [1.165, 1.54) is 0 Å². The van der Waals surface area contributed by atoms with Crippen molar-refractivity contribution in [1.82, 2.24) is 0 Å². The van der Waals surface area contributed by atoms with Crippen molar-refractivity contribution >= 4 is 81.2 Å². The van der Waals surface area contributed by atoms with Gasteiger partial charge in [0.15, 0.2) is 4.33 Å². The molecule has 2 N–H and O–H groups in total. The normalized spacial score (nSPS) is 48.9. The summed E-state index contributed by atoms with van der Waals surface area (Å²) in [7, 11) is 0. The number of halogens is 7. The second-order valence-electron chi connectivity index (χ2n) is 4.51. The van der Waals surface area contributed by atoms with Crippen LogP contribution in [0.4, 0.5) is 0 Å². The first kappa shape index (κ1) is 19.0. The third-order valence-corrected chi connectivity index (χ3v) is 8.61. The molecule has 0 aromatic carbocycles. The number of rotatable bonds is 0. The van der Waals surface area contributed by atoms with Crippen molar-refractivity contribution in [2.24, 2.45) is 11.8 Å². The Balaban J connectivity index is 0.000000902. The van der Waals surface area contributed by atoms with Gasteiger partial charge in [-0.05, 0) is 0 Å². The van der Waals surface area contributed by atoms with Crippen LogP contribution in [0, 0.1) is 11.8 Å². The van der Waals surface area contributed by atoms with Gasteiger partial charge in [0.25, 0.3) is 0 Å². The van der Waals surface area contributed by atoms with Crippen LogP contribution in [0.2, 0.25) is 0 Å². The zero-order valence-corrected chi connectivity index (χ0v) is 15.3. The Morgan fingerprint density at radius 3 is 1.89 bits per heavy atom. The molecule has 9 heteroatoms. The van der Waals surface area contributed by atoms with Crippen molar-refractivity contribution in [3.63, 3.8) is 0 Å². The first-order valence-corrected chi connectivity index (χ1v) is 7.55. The zero-order valence-electron chi connectivity index (χ0n) is 8.89. The molecule has 0 saturated heterocycles. The summed E-state index contributed by atoms with van der Waals surface area (Å²) in [6.45, 7) is 0. The van der Waals surface area contributed by atoms with Crippen molar-refractivity contribution < 1.29 is 22.5 Å². The maximum atomic E-state index is 6.57. The number of hydrogen-bond donors (Lipinski definition) is 0. The molecule has 0 radical (unpaired) electrons. The fourth-order valence-electron chi connectivity index (χ4n) is 3.08. The number of alkyl halides is 5. The van der Waals surface area contributed by atoms with Gasteiger partial charge in [-0.15, -0.1) is 34.8 Å². The number of fused-ring (bicyclic) bond motifs is 5. The Morgan fingerprint density at radius 2 is 1.37 bits per heavy atom.